The maximum atomic E-state index is 13.3. The molecule has 1 spiro atoms. The van der Waals surface area contributed by atoms with Gasteiger partial charge in [0.25, 0.3) is 5.91 Å². The van der Waals surface area contributed by atoms with Gasteiger partial charge in [0.1, 0.15) is 17.9 Å². The Kier molecular flexibility index (Phi) is 4.43. The summed E-state index contributed by atoms with van der Waals surface area (Å²) in [5.74, 6) is -3.32. The van der Waals surface area contributed by atoms with Crippen molar-refractivity contribution in [1.82, 2.24) is 4.90 Å². The molecule has 2 saturated heterocycles. The van der Waals surface area contributed by atoms with Crippen molar-refractivity contribution in [2.24, 2.45) is 17.6 Å². The first kappa shape index (κ1) is 18.9. The van der Waals surface area contributed by atoms with Crippen LogP contribution in [-0.2, 0) is 24.7 Å². The van der Waals surface area contributed by atoms with Gasteiger partial charge in [0, 0.05) is 12.1 Å². The number of carbonyl (C=O) groups is 4. The number of likely N-dealkylation sites (tertiary alicyclic amines) is 1. The highest BCUT2D eigenvalue weighted by atomic mass is 35.5. The van der Waals surface area contributed by atoms with Gasteiger partial charge in [-0.05, 0) is 18.6 Å². The van der Waals surface area contributed by atoms with E-state index >= 15 is 0 Å². The van der Waals surface area contributed by atoms with E-state index in [-0.39, 0.29) is 18.2 Å². The first-order valence-corrected chi connectivity index (χ1v) is 9.80. The lowest BCUT2D eigenvalue weighted by Crippen LogP contribution is -2.99. The maximum Gasteiger partial charge on any atom is 0.291 e. The lowest BCUT2D eigenvalue weighted by Gasteiger charge is -2.26. The molecule has 148 valence electrons. The van der Waals surface area contributed by atoms with Gasteiger partial charge in [0.05, 0.1) is 17.1 Å². The molecule has 0 aromatic heterocycles. The van der Waals surface area contributed by atoms with Crippen molar-refractivity contribution >= 4 is 40.9 Å². The molecule has 3 aliphatic rings. The molecule has 4 rings (SSSR count). The molecule has 0 aliphatic carbocycles. The minimum atomic E-state index is -1.32. The van der Waals surface area contributed by atoms with Crippen molar-refractivity contribution in [3.05, 3.63) is 28.8 Å². The summed E-state index contributed by atoms with van der Waals surface area (Å²) in [7, 11) is 0. The number of amides is 4. The van der Waals surface area contributed by atoms with Gasteiger partial charge < -0.3 is 16.4 Å². The number of nitrogens with two attached hydrogens (primary N) is 2. The van der Waals surface area contributed by atoms with Crippen LogP contribution in [0, 0.1) is 11.8 Å². The molecule has 28 heavy (non-hydrogen) atoms. The fraction of sp³-hybridized carbons (Fsp3) is 0.474. The SMILES string of the molecule is CCCCN1C(=O)[C@H]2[C@@H](C1=O)[C@]1([NH2+][C@@H]2CC(N)=O)C(=O)Nc2c(Cl)cccc21. The summed E-state index contributed by atoms with van der Waals surface area (Å²) >= 11 is 6.26. The number of imide groups is 1. The molecule has 9 heteroatoms. The molecular formula is C19H22ClN4O4+. The summed E-state index contributed by atoms with van der Waals surface area (Å²) in [6.07, 6.45) is 1.42. The number of carbonyl (C=O) groups excluding carboxylic acids is 4. The van der Waals surface area contributed by atoms with Crippen LogP contribution in [0.15, 0.2) is 18.2 Å². The molecule has 0 saturated carbocycles. The molecule has 1 aromatic rings. The van der Waals surface area contributed by atoms with E-state index in [1.54, 1.807) is 23.5 Å². The molecule has 3 heterocycles. The van der Waals surface area contributed by atoms with E-state index in [0.717, 1.165) is 6.42 Å². The molecule has 5 N–H and O–H groups in total. The molecule has 1 aromatic carbocycles. The Labute approximate surface area is 166 Å². The number of para-hydroxylation sites is 1. The average molecular weight is 406 g/mol. The number of benzene rings is 1. The van der Waals surface area contributed by atoms with Crippen LogP contribution in [0.1, 0.15) is 31.7 Å². The van der Waals surface area contributed by atoms with Gasteiger partial charge in [-0.15, -0.1) is 0 Å². The number of hydrogen-bond donors (Lipinski definition) is 3. The van der Waals surface area contributed by atoms with Gasteiger partial charge in [-0.3, -0.25) is 24.1 Å². The predicted molar refractivity (Wildman–Crippen MR) is 99.9 cm³/mol. The molecule has 4 atom stereocenters. The Morgan fingerprint density at radius 1 is 1.32 bits per heavy atom. The van der Waals surface area contributed by atoms with E-state index in [1.807, 2.05) is 6.92 Å². The quantitative estimate of drug-likeness (QED) is 0.582. The largest absolute Gasteiger partial charge is 0.369 e. The smallest absolute Gasteiger partial charge is 0.291 e. The highest BCUT2D eigenvalue weighted by Crippen LogP contribution is 2.50. The number of nitrogens with one attached hydrogen (secondary N) is 1. The molecule has 0 radical (unpaired) electrons. The maximum absolute atomic E-state index is 13.3. The van der Waals surface area contributed by atoms with Crippen molar-refractivity contribution in [2.45, 2.75) is 37.8 Å². The summed E-state index contributed by atoms with van der Waals surface area (Å²) in [6, 6.07) is 4.53. The van der Waals surface area contributed by atoms with E-state index in [1.165, 1.54) is 4.90 Å². The number of anilines is 1. The zero-order valence-electron chi connectivity index (χ0n) is 15.4. The van der Waals surface area contributed by atoms with Gasteiger partial charge >= 0.3 is 0 Å². The van der Waals surface area contributed by atoms with E-state index in [9.17, 15) is 19.2 Å². The monoisotopic (exact) mass is 405 g/mol. The topological polar surface area (TPSA) is 126 Å². The van der Waals surface area contributed by atoms with Gasteiger partial charge in [0.15, 0.2) is 0 Å². The Bertz CT molecular complexity index is 904. The van der Waals surface area contributed by atoms with Crippen LogP contribution in [0.5, 0.6) is 0 Å². The number of halogens is 1. The average Bonchev–Trinajstić information content (AvgIpc) is 3.20. The first-order valence-electron chi connectivity index (χ1n) is 9.43. The van der Waals surface area contributed by atoms with Crippen LogP contribution < -0.4 is 16.4 Å². The number of quaternary nitrogens is 1. The van der Waals surface area contributed by atoms with Crippen LogP contribution in [-0.4, -0.2) is 41.1 Å². The van der Waals surface area contributed by atoms with Gasteiger partial charge in [-0.1, -0.05) is 31.0 Å². The van der Waals surface area contributed by atoms with Gasteiger partial charge in [-0.25, -0.2) is 0 Å². The standard InChI is InChI=1S/C19H21ClN4O4/c1-2-3-7-24-16(26)13-11(8-12(21)25)23-19(14(13)17(24)27)9-5-4-6-10(20)15(9)22-18(19)28/h4-6,11,13-14,23H,2-3,7-8H2,1H3,(H2,21,25)(H,22,28)/p+1/t11-,13-,14+,19+/m1/s1. The number of primary amides is 1. The summed E-state index contributed by atoms with van der Waals surface area (Å²) in [5.41, 5.74) is 5.11. The van der Waals surface area contributed by atoms with Crippen LogP contribution in [0.3, 0.4) is 0 Å². The number of hydrogen-bond acceptors (Lipinski definition) is 4. The van der Waals surface area contributed by atoms with Crippen molar-refractivity contribution < 1.29 is 24.5 Å². The van der Waals surface area contributed by atoms with Crippen LogP contribution in [0.2, 0.25) is 5.02 Å². The predicted octanol–water partition coefficient (Wildman–Crippen LogP) is -0.290. The molecular weight excluding hydrogens is 384 g/mol. The highest BCUT2D eigenvalue weighted by Gasteiger charge is 2.74. The fourth-order valence-corrected chi connectivity index (χ4v) is 5.19. The second kappa shape index (κ2) is 6.56. The van der Waals surface area contributed by atoms with Crippen LogP contribution >= 0.6 is 11.6 Å². The zero-order chi connectivity index (χ0) is 20.2. The number of unbranched alkanes of at least 4 members (excludes halogenated alkanes) is 1. The Morgan fingerprint density at radius 3 is 2.75 bits per heavy atom. The summed E-state index contributed by atoms with van der Waals surface area (Å²) in [4.78, 5) is 52.4. The Morgan fingerprint density at radius 2 is 2.07 bits per heavy atom. The van der Waals surface area contributed by atoms with E-state index in [0.29, 0.717) is 29.2 Å². The molecule has 2 fully saturated rings. The molecule has 4 amide bonds. The third-order valence-electron chi connectivity index (χ3n) is 6.12. The second-order valence-corrected chi connectivity index (χ2v) is 8.08. The third-order valence-corrected chi connectivity index (χ3v) is 6.43. The minimum absolute atomic E-state index is 0.0905. The Balaban J connectivity index is 1.85. The van der Waals surface area contributed by atoms with Gasteiger partial charge in [-0.2, -0.15) is 0 Å². The van der Waals surface area contributed by atoms with Crippen molar-refractivity contribution in [3.8, 4) is 0 Å². The van der Waals surface area contributed by atoms with Gasteiger partial charge in [0.2, 0.25) is 23.3 Å². The zero-order valence-corrected chi connectivity index (χ0v) is 16.2. The third kappa shape index (κ3) is 2.41. The first-order chi connectivity index (χ1) is 13.3. The second-order valence-electron chi connectivity index (χ2n) is 7.67. The molecule has 8 nitrogen and oxygen atoms in total. The molecule has 0 unspecified atom stereocenters. The van der Waals surface area contributed by atoms with Crippen LogP contribution in [0.4, 0.5) is 5.69 Å². The minimum Gasteiger partial charge on any atom is -0.369 e. The van der Waals surface area contributed by atoms with E-state index < -0.39 is 35.2 Å². The van der Waals surface area contributed by atoms with Crippen molar-refractivity contribution in [2.75, 3.05) is 11.9 Å². The summed E-state index contributed by atoms with van der Waals surface area (Å²) < 4.78 is 0. The normalized spacial score (nSPS) is 30.7. The molecule has 3 aliphatic heterocycles. The van der Waals surface area contributed by atoms with E-state index in [2.05, 4.69) is 5.32 Å². The Hall–Kier alpha value is -2.45. The highest BCUT2D eigenvalue weighted by molar-refractivity contribution is 6.35. The summed E-state index contributed by atoms with van der Waals surface area (Å²) in [5, 5.41) is 4.82. The molecule has 0 bridgehead atoms. The number of fused-ring (bicyclic) bond motifs is 4. The van der Waals surface area contributed by atoms with Crippen molar-refractivity contribution in [1.29, 1.82) is 0 Å². The lowest BCUT2D eigenvalue weighted by atomic mass is 9.76. The summed E-state index contributed by atoms with van der Waals surface area (Å²) in [6.45, 7) is 2.28. The van der Waals surface area contributed by atoms with Crippen molar-refractivity contribution in [3.63, 3.8) is 0 Å². The fourth-order valence-electron chi connectivity index (χ4n) is 4.97. The van der Waals surface area contributed by atoms with Crippen LogP contribution in [0.25, 0.3) is 0 Å². The lowest BCUT2D eigenvalue weighted by molar-refractivity contribution is -0.732. The number of nitrogens with zero attached hydrogens (tertiary/aromatic N) is 1. The van der Waals surface area contributed by atoms with E-state index in [4.69, 9.17) is 17.3 Å². The number of rotatable bonds is 5.